The zero-order valence-electron chi connectivity index (χ0n) is 13.4. The molecule has 0 spiro atoms. The molecular weight excluding hydrogens is 322 g/mol. The third-order valence-corrected chi connectivity index (χ3v) is 4.98. The van der Waals surface area contributed by atoms with Gasteiger partial charge >= 0.3 is 0 Å². The Kier molecular flexibility index (Phi) is 4.40. The number of nitrogens with two attached hydrogens (primary N) is 1. The van der Waals surface area contributed by atoms with Crippen LogP contribution in [0.3, 0.4) is 0 Å². The summed E-state index contributed by atoms with van der Waals surface area (Å²) in [5, 5.41) is 0. The molecule has 5 nitrogen and oxygen atoms in total. The molecule has 3 aromatic rings. The predicted molar refractivity (Wildman–Crippen MR) is 94.5 cm³/mol. The van der Waals surface area contributed by atoms with Crippen molar-refractivity contribution in [3.8, 4) is 0 Å². The zero-order valence-corrected chi connectivity index (χ0v) is 14.2. The van der Waals surface area contributed by atoms with Crippen molar-refractivity contribution >= 4 is 15.5 Å². The van der Waals surface area contributed by atoms with Gasteiger partial charge in [-0.3, -0.25) is 0 Å². The van der Waals surface area contributed by atoms with E-state index in [9.17, 15) is 8.42 Å². The molecule has 0 aliphatic rings. The second-order valence-corrected chi connectivity index (χ2v) is 7.82. The number of nitrogens with zero attached hydrogens (tertiary/aromatic N) is 2. The molecule has 0 unspecified atom stereocenters. The van der Waals surface area contributed by atoms with Gasteiger partial charge in [0.15, 0.2) is 9.84 Å². The van der Waals surface area contributed by atoms with E-state index in [1.165, 1.54) is 6.26 Å². The number of anilines is 1. The van der Waals surface area contributed by atoms with Crippen LogP contribution in [-0.2, 0) is 22.8 Å². The quantitative estimate of drug-likeness (QED) is 0.723. The molecule has 2 aromatic carbocycles. The van der Waals surface area contributed by atoms with Gasteiger partial charge in [0.25, 0.3) is 0 Å². The number of benzene rings is 2. The van der Waals surface area contributed by atoms with Gasteiger partial charge in [0.05, 0.1) is 4.90 Å². The maximum Gasteiger partial charge on any atom is 0.175 e. The molecule has 24 heavy (non-hydrogen) atoms. The fourth-order valence-corrected chi connectivity index (χ4v) is 3.14. The Labute approximate surface area is 141 Å². The summed E-state index contributed by atoms with van der Waals surface area (Å²) >= 11 is 0. The fraction of sp³-hybridized carbons (Fsp3) is 0.167. The molecule has 0 saturated carbocycles. The van der Waals surface area contributed by atoms with Crippen molar-refractivity contribution in [3.05, 3.63) is 77.9 Å². The van der Waals surface area contributed by atoms with Gasteiger partial charge in [-0.2, -0.15) is 0 Å². The van der Waals surface area contributed by atoms with E-state index in [0.29, 0.717) is 17.9 Å². The van der Waals surface area contributed by atoms with Crippen LogP contribution in [-0.4, -0.2) is 24.2 Å². The van der Waals surface area contributed by atoms with Crippen LogP contribution in [0.1, 0.15) is 17.0 Å². The molecule has 2 N–H and O–H groups in total. The van der Waals surface area contributed by atoms with Gasteiger partial charge in [-0.15, -0.1) is 0 Å². The molecule has 0 aliphatic carbocycles. The second kappa shape index (κ2) is 6.49. The Bertz CT molecular complexity index is 927. The number of rotatable bonds is 5. The minimum absolute atomic E-state index is 0.332. The maximum atomic E-state index is 11.5. The zero-order chi connectivity index (χ0) is 17.2. The highest BCUT2D eigenvalue weighted by Crippen LogP contribution is 2.14. The van der Waals surface area contributed by atoms with Crippen LogP contribution in [0.2, 0.25) is 0 Å². The summed E-state index contributed by atoms with van der Waals surface area (Å²) in [5.74, 6) is 0.951. The summed E-state index contributed by atoms with van der Waals surface area (Å²) in [6.45, 7) is 0.647. The summed E-state index contributed by atoms with van der Waals surface area (Å²) in [4.78, 5) is 4.76. The van der Waals surface area contributed by atoms with Gasteiger partial charge in [-0.25, -0.2) is 13.4 Å². The van der Waals surface area contributed by atoms with Gasteiger partial charge in [0.2, 0.25) is 0 Å². The van der Waals surface area contributed by atoms with Crippen molar-refractivity contribution < 1.29 is 8.42 Å². The molecule has 6 heteroatoms. The molecule has 0 fully saturated rings. The van der Waals surface area contributed by atoms with Gasteiger partial charge in [0, 0.05) is 37.3 Å². The lowest BCUT2D eigenvalue weighted by Crippen LogP contribution is -2.05. The van der Waals surface area contributed by atoms with Crippen LogP contribution in [0.5, 0.6) is 0 Å². The van der Waals surface area contributed by atoms with E-state index in [2.05, 4.69) is 9.55 Å². The smallest absolute Gasteiger partial charge is 0.175 e. The number of hydrogen-bond donors (Lipinski definition) is 1. The third kappa shape index (κ3) is 3.83. The number of sulfone groups is 1. The van der Waals surface area contributed by atoms with E-state index in [1.807, 2.05) is 42.6 Å². The molecule has 0 atom stereocenters. The van der Waals surface area contributed by atoms with E-state index in [4.69, 9.17) is 5.73 Å². The van der Waals surface area contributed by atoms with Gasteiger partial charge in [-0.1, -0.05) is 24.3 Å². The van der Waals surface area contributed by atoms with Crippen LogP contribution in [0.15, 0.2) is 65.8 Å². The molecule has 124 valence electrons. The first-order valence-electron chi connectivity index (χ1n) is 7.55. The van der Waals surface area contributed by atoms with Gasteiger partial charge in [-0.05, 0) is 35.4 Å². The summed E-state index contributed by atoms with van der Waals surface area (Å²) in [6.07, 6.45) is 5.63. The lowest BCUT2D eigenvalue weighted by Gasteiger charge is -2.09. The van der Waals surface area contributed by atoms with Gasteiger partial charge < -0.3 is 10.3 Å². The number of nitrogen functional groups attached to an aromatic ring is 1. The number of aromatic nitrogens is 2. The summed E-state index contributed by atoms with van der Waals surface area (Å²) in [5.41, 5.74) is 8.62. The lowest BCUT2D eigenvalue weighted by atomic mass is 10.1. The van der Waals surface area contributed by atoms with E-state index in [1.54, 1.807) is 18.3 Å². The van der Waals surface area contributed by atoms with Crippen molar-refractivity contribution in [1.82, 2.24) is 9.55 Å². The summed E-state index contributed by atoms with van der Waals surface area (Å²) < 4.78 is 25.1. The molecule has 0 amide bonds. The largest absolute Gasteiger partial charge is 0.399 e. The molecule has 0 aliphatic heterocycles. The third-order valence-electron chi connectivity index (χ3n) is 3.85. The average Bonchev–Trinajstić information content (AvgIpc) is 2.96. The van der Waals surface area contributed by atoms with Crippen LogP contribution in [0, 0.1) is 0 Å². The maximum absolute atomic E-state index is 11.5. The SMILES string of the molecule is CS(=O)(=O)c1ccc(Cn2ccnc2Cc2ccc(N)cc2)cc1. The molecule has 0 radical (unpaired) electrons. The molecule has 1 heterocycles. The first kappa shape index (κ1) is 16.3. The normalized spacial score (nSPS) is 11.5. The predicted octanol–water partition coefficient (Wildman–Crippen LogP) is 2.51. The van der Waals surface area contributed by atoms with Crippen molar-refractivity contribution in [2.75, 3.05) is 12.0 Å². The molecule has 0 saturated heterocycles. The number of imidazole rings is 1. The van der Waals surface area contributed by atoms with Crippen LogP contribution in [0.25, 0.3) is 0 Å². The van der Waals surface area contributed by atoms with Gasteiger partial charge in [0.1, 0.15) is 5.82 Å². The molecule has 3 rings (SSSR count). The first-order valence-corrected chi connectivity index (χ1v) is 9.44. The minimum atomic E-state index is -3.16. The second-order valence-electron chi connectivity index (χ2n) is 5.81. The Morgan fingerprint density at radius 1 is 1.00 bits per heavy atom. The minimum Gasteiger partial charge on any atom is -0.399 e. The van der Waals surface area contributed by atoms with E-state index in [0.717, 1.165) is 22.6 Å². The highest BCUT2D eigenvalue weighted by molar-refractivity contribution is 7.90. The van der Waals surface area contributed by atoms with E-state index < -0.39 is 9.84 Å². The Morgan fingerprint density at radius 2 is 1.62 bits per heavy atom. The highest BCUT2D eigenvalue weighted by atomic mass is 32.2. The van der Waals surface area contributed by atoms with Crippen LogP contribution >= 0.6 is 0 Å². The summed E-state index contributed by atoms with van der Waals surface area (Å²) in [7, 11) is -3.16. The Balaban J connectivity index is 1.77. The molecular formula is C18H19N3O2S. The van der Waals surface area contributed by atoms with E-state index >= 15 is 0 Å². The monoisotopic (exact) mass is 341 g/mol. The van der Waals surface area contributed by atoms with Crippen LogP contribution in [0.4, 0.5) is 5.69 Å². The summed E-state index contributed by atoms with van der Waals surface area (Å²) in [6, 6.07) is 14.7. The van der Waals surface area contributed by atoms with E-state index in [-0.39, 0.29) is 0 Å². The number of hydrogen-bond acceptors (Lipinski definition) is 4. The highest BCUT2D eigenvalue weighted by Gasteiger charge is 2.08. The van der Waals surface area contributed by atoms with Crippen molar-refractivity contribution in [3.63, 3.8) is 0 Å². The standard InChI is InChI=1S/C18H19N3O2S/c1-24(22,23)17-8-4-15(5-9-17)13-21-11-10-20-18(21)12-14-2-6-16(19)7-3-14/h2-11H,12-13,19H2,1H3. The average molecular weight is 341 g/mol. The van der Waals surface area contributed by atoms with Crippen molar-refractivity contribution in [2.24, 2.45) is 0 Å². The Morgan fingerprint density at radius 3 is 2.25 bits per heavy atom. The van der Waals surface area contributed by atoms with Crippen molar-refractivity contribution in [2.45, 2.75) is 17.9 Å². The molecule has 0 bridgehead atoms. The lowest BCUT2D eigenvalue weighted by molar-refractivity contribution is 0.602. The Hall–Kier alpha value is -2.60. The fourth-order valence-electron chi connectivity index (χ4n) is 2.51. The van der Waals surface area contributed by atoms with Crippen molar-refractivity contribution in [1.29, 1.82) is 0 Å². The molecule has 1 aromatic heterocycles. The first-order chi connectivity index (χ1) is 11.4. The topological polar surface area (TPSA) is 78.0 Å². The van der Waals surface area contributed by atoms with Crippen LogP contribution < -0.4 is 5.73 Å².